The van der Waals surface area contributed by atoms with Crippen LogP contribution >= 0.6 is 23.2 Å². The molecule has 2 aromatic carbocycles. The first-order chi connectivity index (χ1) is 10.0. The fourth-order valence-electron chi connectivity index (χ4n) is 2.19. The first-order valence-corrected chi connectivity index (χ1v) is 7.39. The van der Waals surface area contributed by atoms with Crippen LogP contribution in [0.15, 0.2) is 36.4 Å². The Balaban J connectivity index is 2.25. The van der Waals surface area contributed by atoms with Crippen molar-refractivity contribution in [3.63, 3.8) is 0 Å². The van der Waals surface area contributed by atoms with Crippen molar-refractivity contribution < 1.29 is 8.78 Å². The van der Waals surface area contributed by atoms with E-state index in [-0.39, 0.29) is 16.1 Å². The predicted molar refractivity (Wildman–Crippen MR) is 82.9 cm³/mol. The SMILES string of the molecule is CCNC(Cc1ccc(Cl)c(F)c1)c1ccc(F)c(Cl)c1. The average molecular weight is 330 g/mol. The summed E-state index contributed by atoms with van der Waals surface area (Å²) in [5.41, 5.74) is 1.67. The zero-order chi connectivity index (χ0) is 15.4. The molecule has 0 aliphatic rings. The van der Waals surface area contributed by atoms with Crippen molar-refractivity contribution in [3.8, 4) is 0 Å². The zero-order valence-electron chi connectivity index (χ0n) is 11.5. The molecule has 21 heavy (non-hydrogen) atoms. The molecule has 1 nitrogen and oxygen atoms in total. The topological polar surface area (TPSA) is 12.0 Å². The zero-order valence-corrected chi connectivity index (χ0v) is 13.0. The maximum absolute atomic E-state index is 13.5. The summed E-state index contributed by atoms with van der Waals surface area (Å²) in [6.07, 6.45) is 0.559. The largest absolute Gasteiger partial charge is 0.310 e. The van der Waals surface area contributed by atoms with E-state index >= 15 is 0 Å². The van der Waals surface area contributed by atoms with Crippen LogP contribution in [0.2, 0.25) is 10.0 Å². The van der Waals surface area contributed by atoms with Gasteiger partial charge in [-0.05, 0) is 48.4 Å². The highest BCUT2D eigenvalue weighted by Gasteiger charge is 2.14. The molecule has 0 aliphatic carbocycles. The van der Waals surface area contributed by atoms with Crippen LogP contribution in [0.3, 0.4) is 0 Å². The molecule has 0 aliphatic heterocycles. The molecule has 0 saturated heterocycles. The van der Waals surface area contributed by atoms with Crippen molar-refractivity contribution in [3.05, 3.63) is 69.2 Å². The molecule has 1 unspecified atom stereocenters. The van der Waals surface area contributed by atoms with Gasteiger partial charge in [0.1, 0.15) is 11.6 Å². The highest BCUT2D eigenvalue weighted by Crippen LogP contribution is 2.25. The van der Waals surface area contributed by atoms with E-state index in [2.05, 4.69) is 5.32 Å². The van der Waals surface area contributed by atoms with E-state index in [1.165, 1.54) is 18.2 Å². The average Bonchev–Trinajstić information content (AvgIpc) is 2.45. The highest BCUT2D eigenvalue weighted by atomic mass is 35.5. The minimum Gasteiger partial charge on any atom is -0.310 e. The van der Waals surface area contributed by atoms with Gasteiger partial charge in [0.05, 0.1) is 10.0 Å². The molecule has 1 N–H and O–H groups in total. The smallest absolute Gasteiger partial charge is 0.142 e. The summed E-state index contributed by atoms with van der Waals surface area (Å²) in [5, 5.41) is 3.47. The monoisotopic (exact) mass is 329 g/mol. The molecule has 0 aromatic heterocycles. The van der Waals surface area contributed by atoms with Crippen molar-refractivity contribution in [2.45, 2.75) is 19.4 Å². The van der Waals surface area contributed by atoms with Crippen molar-refractivity contribution in [2.75, 3.05) is 6.54 Å². The Morgan fingerprint density at radius 3 is 2.38 bits per heavy atom. The second-order valence-corrected chi connectivity index (χ2v) is 5.55. The quantitative estimate of drug-likeness (QED) is 0.798. The minimum atomic E-state index is -0.451. The number of hydrogen-bond donors (Lipinski definition) is 1. The normalized spacial score (nSPS) is 12.4. The van der Waals surface area contributed by atoms with E-state index in [1.54, 1.807) is 18.2 Å². The maximum Gasteiger partial charge on any atom is 0.142 e. The lowest BCUT2D eigenvalue weighted by atomic mass is 9.98. The summed E-state index contributed by atoms with van der Waals surface area (Å²) in [6.45, 7) is 2.70. The van der Waals surface area contributed by atoms with Crippen LogP contribution in [0.4, 0.5) is 8.78 Å². The Bertz CT molecular complexity index is 632. The van der Waals surface area contributed by atoms with Gasteiger partial charge in [0.25, 0.3) is 0 Å². The molecular formula is C16H15Cl2F2N. The molecule has 2 aromatic rings. The van der Waals surface area contributed by atoms with Crippen LogP contribution in [0.1, 0.15) is 24.1 Å². The van der Waals surface area contributed by atoms with Gasteiger partial charge in [-0.1, -0.05) is 42.3 Å². The molecule has 0 heterocycles. The summed E-state index contributed by atoms with van der Waals surface area (Å²) >= 11 is 11.5. The van der Waals surface area contributed by atoms with Crippen LogP contribution in [0.5, 0.6) is 0 Å². The summed E-state index contributed by atoms with van der Waals surface area (Å²) in [4.78, 5) is 0. The van der Waals surface area contributed by atoms with Gasteiger partial charge in [0.15, 0.2) is 0 Å². The van der Waals surface area contributed by atoms with Crippen LogP contribution in [0, 0.1) is 11.6 Å². The molecule has 112 valence electrons. The number of halogens is 4. The Labute approximate surface area is 132 Å². The van der Waals surface area contributed by atoms with Gasteiger partial charge >= 0.3 is 0 Å². The molecule has 1 atom stereocenters. The molecular weight excluding hydrogens is 315 g/mol. The van der Waals surface area contributed by atoms with Crippen LogP contribution in [0.25, 0.3) is 0 Å². The first-order valence-electron chi connectivity index (χ1n) is 6.63. The number of likely N-dealkylation sites (N-methyl/N-ethyl adjacent to an activating group) is 1. The molecule has 5 heteroatoms. The summed E-state index contributed by atoms with van der Waals surface area (Å²) in [6, 6.07) is 9.27. The molecule has 2 rings (SSSR count). The van der Waals surface area contributed by atoms with Gasteiger partial charge in [0.2, 0.25) is 0 Å². The van der Waals surface area contributed by atoms with E-state index in [4.69, 9.17) is 23.2 Å². The number of benzene rings is 2. The molecule has 0 bridgehead atoms. The molecule has 0 radical (unpaired) electrons. The second kappa shape index (κ2) is 7.21. The number of hydrogen-bond acceptors (Lipinski definition) is 1. The highest BCUT2D eigenvalue weighted by molar-refractivity contribution is 6.31. The van der Waals surface area contributed by atoms with Gasteiger partial charge in [0, 0.05) is 6.04 Å². The standard InChI is InChI=1S/C16H15Cl2F2N/c1-2-21-16(11-4-6-14(19)13(18)9-11)8-10-3-5-12(17)15(20)7-10/h3-7,9,16,21H,2,8H2,1H3. The van der Waals surface area contributed by atoms with Gasteiger partial charge in [-0.3, -0.25) is 0 Å². The molecule has 0 spiro atoms. The molecule has 0 amide bonds. The number of nitrogens with one attached hydrogen (secondary N) is 1. The van der Waals surface area contributed by atoms with E-state index in [0.29, 0.717) is 6.42 Å². The van der Waals surface area contributed by atoms with Gasteiger partial charge in [-0.2, -0.15) is 0 Å². The van der Waals surface area contributed by atoms with Crippen molar-refractivity contribution in [1.82, 2.24) is 5.32 Å². The van der Waals surface area contributed by atoms with E-state index < -0.39 is 11.6 Å². The van der Waals surface area contributed by atoms with E-state index in [9.17, 15) is 8.78 Å². The van der Waals surface area contributed by atoms with Gasteiger partial charge in [-0.25, -0.2) is 8.78 Å². The van der Waals surface area contributed by atoms with Crippen molar-refractivity contribution in [1.29, 1.82) is 0 Å². The summed E-state index contributed by atoms with van der Waals surface area (Å²) < 4.78 is 26.8. The summed E-state index contributed by atoms with van der Waals surface area (Å²) in [7, 11) is 0. The fraction of sp³-hybridized carbons (Fsp3) is 0.250. The predicted octanol–water partition coefficient (Wildman–Crippen LogP) is 5.16. The third-order valence-corrected chi connectivity index (χ3v) is 3.82. The van der Waals surface area contributed by atoms with Crippen molar-refractivity contribution in [2.24, 2.45) is 0 Å². The third-order valence-electron chi connectivity index (χ3n) is 3.22. The van der Waals surface area contributed by atoms with Crippen LogP contribution in [-0.2, 0) is 6.42 Å². The summed E-state index contributed by atoms with van der Waals surface area (Å²) in [5.74, 6) is -0.894. The Hall–Kier alpha value is -1.16. The van der Waals surface area contributed by atoms with E-state index in [1.807, 2.05) is 6.92 Å². The van der Waals surface area contributed by atoms with E-state index in [0.717, 1.165) is 17.7 Å². The van der Waals surface area contributed by atoms with Crippen molar-refractivity contribution >= 4 is 23.2 Å². The Morgan fingerprint density at radius 2 is 1.76 bits per heavy atom. The lowest BCUT2D eigenvalue weighted by Crippen LogP contribution is -2.23. The minimum absolute atomic E-state index is 0.0753. The van der Waals surface area contributed by atoms with Gasteiger partial charge < -0.3 is 5.32 Å². The molecule has 0 saturated carbocycles. The van der Waals surface area contributed by atoms with Gasteiger partial charge in [-0.15, -0.1) is 0 Å². The first kappa shape index (κ1) is 16.2. The lowest BCUT2D eigenvalue weighted by molar-refractivity contribution is 0.544. The lowest BCUT2D eigenvalue weighted by Gasteiger charge is -2.19. The maximum atomic E-state index is 13.5. The molecule has 0 fully saturated rings. The Morgan fingerprint density at radius 1 is 1.00 bits per heavy atom. The third kappa shape index (κ3) is 4.16. The Kier molecular flexibility index (Phi) is 5.57. The van der Waals surface area contributed by atoms with Crippen LogP contribution in [-0.4, -0.2) is 6.54 Å². The fourth-order valence-corrected chi connectivity index (χ4v) is 2.49. The number of rotatable bonds is 5. The van der Waals surface area contributed by atoms with Crippen LogP contribution < -0.4 is 5.32 Å². The second-order valence-electron chi connectivity index (χ2n) is 4.74.